The smallest absolute Gasteiger partial charge is 0.226 e. The lowest BCUT2D eigenvalue weighted by Gasteiger charge is -2.27. The summed E-state index contributed by atoms with van der Waals surface area (Å²) in [4.78, 5) is 25.1. The number of nitrogens with zero attached hydrogens (tertiary/aromatic N) is 6. The molecule has 4 heterocycles. The maximum absolute atomic E-state index is 5.14. The van der Waals surface area contributed by atoms with Crippen LogP contribution in [0.25, 0.3) is 45.0 Å². The Morgan fingerprint density at radius 2 is 0.773 bits per heavy atom. The summed E-state index contributed by atoms with van der Waals surface area (Å²) in [6.45, 7) is 8.23. The summed E-state index contributed by atoms with van der Waals surface area (Å²) >= 11 is 0. The molecule has 5 aromatic rings. The second-order valence-corrected chi connectivity index (χ2v) is 12.3. The highest BCUT2D eigenvalue weighted by molar-refractivity contribution is 5.76. The van der Waals surface area contributed by atoms with Crippen molar-refractivity contribution in [3.05, 3.63) is 96.1 Å². The molecule has 7 rings (SSSR count). The Balaban J connectivity index is 1.31. The first-order valence-electron chi connectivity index (χ1n) is 16.1. The monoisotopic (exact) mass is 580 g/mol. The highest BCUT2D eigenvalue weighted by atomic mass is 15.3. The van der Waals surface area contributed by atoms with E-state index in [1.807, 2.05) is 0 Å². The van der Waals surface area contributed by atoms with Crippen molar-refractivity contribution >= 4 is 11.9 Å². The summed E-state index contributed by atoms with van der Waals surface area (Å²) in [6.07, 6.45) is 7.26. The highest BCUT2D eigenvalue weighted by Crippen LogP contribution is 2.32. The molecule has 44 heavy (non-hydrogen) atoms. The van der Waals surface area contributed by atoms with E-state index < -0.39 is 0 Å². The van der Waals surface area contributed by atoms with Gasteiger partial charge in [0, 0.05) is 48.4 Å². The molecule has 0 amide bonds. The van der Waals surface area contributed by atoms with E-state index in [9.17, 15) is 0 Å². The van der Waals surface area contributed by atoms with E-state index in [1.165, 1.54) is 49.7 Å². The maximum atomic E-state index is 5.14. The van der Waals surface area contributed by atoms with Crippen molar-refractivity contribution in [2.75, 3.05) is 36.0 Å². The summed E-state index contributed by atoms with van der Waals surface area (Å²) in [7, 11) is 0. The fraction of sp³-hybridized carbons (Fsp3) is 0.316. The molecular weight excluding hydrogens is 540 g/mol. The fourth-order valence-corrected chi connectivity index (χ4v) is 6.22. The molecule has 2 aromatic heterocycles. The van der Waals surface area contributed by atoms with E-state index in [4.69, 9.17) is 19.9 Å². The Labute approximate surface area is 260 Å². The normalized spacial score (nSPS) is 15.4. The van der Waals surface area contributed by atoms with Gasteiger partial charge in [0.25, 0.3) is 0 Å². The zero-order chi connectivity index (χ0) is 29.9. The maximum Gasteiger partial charge on any atom is 0.226 e. The Morgan fingerprint density at radius 1 is 0.409 bits per heavy atom. The first kappa shape index (κ1) is 28.2. The third-order valence-corrected chi connectivity index (χ3v) is 8.86. The number of aromatic nitrogens is 4. The molecule has 2 aliphatic rings. The lowest BCUT2D eigenvalue weighted by molar-refractivity contribution is 0.568. The second kappa shape index (κ2) is 12.6. The third-order valence-electron chi connectivity index (χ3n) is 8.86. The van der Waals surface area contributed by atoms with Crippen molar-refractivity contribution in [3.63, 3.8) is 0 Å². The Morgan fingerprint density at radius 3 is 1.16 bits per heavy atom. The summed E-state index contributed by atoms with van der Waals surface area (Å²) in [5.74, 6) is 1.64. The molecule has 2 aliphatic heterocycles. The molecule has 0 bridgehead atoms. The van der Waals surface area contributed by atoms with E-state index in [-0.39, 0.29) is 0 Å². The van der Waals surface area contributed by atoms with Gasteiger partial charge in [0.15, 0.2) is 0 Å². The minimum absolute atomic E-state index is 0.819. The number of hydrogen-bond acceptors (Lipinski definition) is 6. The van der Waals surface area contributed by atoms with Gasteiger partial charge in [-0.15, -0.1) is 0 Å². The van der Waals surface area contributed by atoms with E-state index >= 15 is 0 Å². The molecule has 0 spiro atoms. The van der Waals surface area contributed by atoms with Crippen molar-refractivity contribution in [3.8, 4) is 45.0 Å². The number of piperidine rings is 2. The lowest BCUT2D eigenvalue weighted by atomic mass is 10.0. The number of aryl methyl sites for hydroxylation is 2. The Kier molecular flexibility index (Phi) is 8.06. The molecule has 222 valence electrons. The Hall–Kier alpha value is -4.58. The molecule has 0 unspecified atom stereocenters. The van der Waals surface area contributed by atoms with Crippen LogP contribution in [0.4, 0.5) is 11.9 Å². The molecule has 3 aromatic carbocycles. The molecule has 2 saturated heterocycles. The minimum Gasteiger partial charge on any atom is -0.341 e. The summed E-state index contributed by atoms with van der Waals surface area (Å²) < 4.78 is 0. The molecule has 2 fully saturated rings. The van der Waals surface area contributed by atoms with E-state index in [0.717, 1.165) is 83.1 Å². The second-order valence-electron chi connectivity index (χ2n) is 12.3. The summed E-state index contributed by atoms with van der Waals surface area (Å²) in [6, 6.07) is 30.2. The zero-order valence-electron chi connectivity index (χ0n) is 25.8. The van der Waals surface area contributed by atoms with Crippen LogP contribution in [0, 0.1) is 13.8 Å². The van der Waals surface area contributed by atoms with Crippen molar-refractivity contribution in [1.29, 1.82) is 0 Å². The van der Waals surface area contributed by atoms with E-state index in [2.05, 4.69) is 109 Å². The number of rotatable bonds is 6. The van der Waals surface area contributed by atoms with Crippen LogP contribution in [0.5, 0.6) is 0 Å². The van der Waals surface area contributed by atoms with E-state index in [0.29, 0.717) is 0 Å². The molecule has 0 atom stereocenters. The molecule has 0 N–H and O–H groups in total. The van der Waals surface area contributed by atoms with Gasteiger partial charge in [0.2, 0.25) is 11.9 Å². The fourth-order valence-electron chi connectivity index (χ4n) is 6.22. The van der Waals surface area contributed by atoms with Crippen molar-refractivity contribution in [2.45, 2.75) is 52.4 Å². The molecular formula is C38H40N6. The SMILES string of the molecule is Cc1ccc(-c2cc(-c3cccc(-c4cc(-c5ccc(C)cc5)nc(N5CCCCC5)n4)c3)nc(N3CCCCC3)n2)cc1. The quantitative estimate of drug-likeness (QED) is 0.201. The number of benzene rings is 3. The number of hydrogen-bond donors (Lipinski definition) is 0. The first-order valence-corrected chi connectivity index (χ1v) is 16.1. The third kappa shape index (κ3) is 6.21. The van der Waals surface area contributed by atoms with Crippen LogP contribution in [0.1, 0.15) is 49.7 Å². The molecule has 0 saturated carbocycles. The van der Waals surface area contributed by atoms with Crippen molar-refractivity contribution < 1.29 is 0 Å². The Bertz CT molecular complexity index is 1610. The van der Waals surface area contributed by atoms with Gasteiger partial charge >= 0.3 is 0 Å². The zero-order valence-corrected chi connectivity index (χ0v) is 25.8. The lowest BCUT2D eigenvalue weighted by Crippen LogP contribution is -2.31. The molecule has 0 aliphatic carbocycles. The van der Waals surface area contributed by atoms with Gasteiger partial charge in [0.1, 0.15) is 0 Å². The highest BCUT2D eigenvalue weighted by Gasteiger charge is 2.19. The van der Waals surface area contributed by atoms with Crippen molar-refractivity contribution in [2.24, 2.45) is 0 Å². The predicted octanol–water partition coefficient (Wildman–Crippen LogP) is 8.53. The molecule has 0 radical (unpaired) electrons. The van der Waals surface area contributed by atoms with Gasteiger partial charge < -0.3 is 9.80 Å². The average molecular weight is 581 g/mol. The van der Waals surface area contributed by atoms with Crippen LogP contribution in [0.15, 0.2) is 84.9 Å². The largest absolute Gasteiger partial charge is 0.341 e. The minimum atomic E-state index is 0.819. The van der Waals surface area contributed by atoms with Gasteiger partial charge in [-0.2, -0.15) is 0 Å². The molecule has 6 nitrogen and oxygen atoms in total. The van der Waals surface area contributed by atoms with Gasteiger partial charge in [-0.3, -0.25) is 0 Å². The van der Waals surface area contributed by atoms with E-state index in [1.54, 1.807) is 0 Å². The van der Waals surface area contributed by atoms with Gasteiger partial charge in [-0.1, -0.05) is 77.9 Å². The van der Waals surface area contributed by atoms with Crippen LogP contribution >= 0.6 is 0 Å². The number of anilines is 2. The van der Waals surface area contributed by atoms with Crippen molar-refractivity contribution in [1.82, 2.24) is 19.9 Å². The van der Waals surface area contributed by atoms with Gasteiger partial charge in [-0.25, -0.2) is 19.9 Å². The standard InChI is InChI=1S/C38H40N6/c1-27-12-16-29(17-13-27)33-25-35(41-37(39-33)43-20-5-3-6-21-43)31-10-9-11-32(24-31)36-26-34(30-18-14-28(2)15-19-30)40-38(42-36)44-22-7-4-8-23-44/h9-19,24-26H,3-8,20-23H2,1-2H3. The summed E-state index contributed by atoms with van der Waals surface area (Å²) in [5, 5.41) is 0. The first-order chi connectivity index (χ1) is 21.6. The van der Waals surface area contributed by atoms with Gasteiger partial charge in [0.05, 0.1) is 22.8 Å². The van der Waals surface area contributed by atoms with Crippen LogP contribution < -0.4 is 9.80 Å². The summed E-state index contributed by atoms with van der Waals surface area (Å²) in [5.41, 5.74) is 10.6. The van der Waals surface area contributed by atoms with Gasteiger partial charge in [-0.05, 0) is 70.6 Å². The topological polar surface area (TPSA) is 58.0 Å². The predicted molar refractivity (Wildman–Crippen MR) is 181 cm³/mol. The van der Waals surface area contributed by atoms with Crippen LogP contribution in [-0.4, -0.2) is 46.1 Å². The van der Waals surface area contributed by atoms with Crippen LogP contribution in [-0.2, 0) is 0 Å². The average Bonchev–Trinajstić information content (AvgIpc) is 3.09. The van der Waals surface area contributed by atoms with Crippen LogP contribution in [0.2, 0.25) is 0 Å². The molecule has 6 heteroatoms. The van der Waals surface area contributed by atoms with Crippen LogP contribution in [0.3, 0.4) is 0 Å².